The van der Waals surface area contributed by atoms with Crippen LogP contribution in [-0.4, -0.2) is 11.9 Å². The predicted molar refractivity (Wildman–Crippen MR) is 105 cm³/mol. The average Bonchev–Trinajstić information content (AvgIpc) is 2.70. The monoisotopic (exact) mass is 400 g/mol. The summed E-state index contributed by atoms with van der Waals surface area (Å²) in [6.07, 6.45) is 0. The predicted octanol–water partition coefficient (Wildman–Crippen LogP) is 5.34. The zero-order valence-electron chi connectivity index (χ0n) is 13.9. The number of nitrogens with one attached hydrogen (secondary N) is 1. The van der Waals surface area contributed by atoms with Crippen LogP contribution in [0, 0.1) is 0 Å². The summed E-state index contributed by atoms with van der Waals surface area (Å²) in [4.78, 5) is 31.8. The van der Waals surface area contributed by atoms with Gasteiger partial charge in [-0.25, -0.2) is 9.69 Å². The van der Waals surface area contributed by atoms with E-state index in [2.05, 4.69) is 5.48 Å². The molecule has 5 nitrogen and oxygen atoms in total. The van der Waals surface area contributed by atoms with Gasteiger partial charge in [-0.1, -0.05) is 65.7 Å². The maximum Gasteiger partial charge on any atom is 0.362 e. The number of nitrogens with zero attached hydrogens (tertiary/aromatic N) is 1. The molecule has 0 spiro atoms. The Morgan fingerprint density at radius 2 is 1.44 bits per heavy atom. The van der Waals surface area contributed by atoms with Crippen LogP contribution in [0.4, 0.5) is 10.5 Å². The number of carbonyl (C=O) groups is 2. The molecule has 0 radical (unpaired) electrons. The fraction of sp³-hybridized carbons (Fsp3) is 0. The zero-order valence-corrected chi connectivity index (χ0v) is 15.4. The number of urea groups is 1. The van der Waals surface area contributed by atoms with Crippen LogP contribution in [0.2, 0.25) is 10.0 Å². The van der Waals surface area contributed by atoms with E-state index >= 15 is 0 Å². The van der Waals surface area contributed by atoms with Crippen molar-refractivity contribution in [2.24, 2.45) is 0 Å². The molecular formula is C20H14Cl2N2O3. The Morgan fingerprint density at radius 3 is 2.11 bits per heavy atom. The lowest BCUT2D eigenvalue weighted by molar-refractivity contribution is 0.0984. The number of hydrogen-bond donors (Lipinski definition) is 1. The second kappa shape index (κ2) is 8.58. The van der Waals surface area contributed by atoms with Gasteiger partial charge in [0.25, 0.3) is 5.91 Å². The molecule has 3 aromatic rings. The highest BCUT2D eigenvalue weighted by Gasteiger charge is 2.25. The summed E-state index contributed by atoms with van der Waals surface area (Å²) in [6, 6.07) is 21.0. The lowest BCUT2D eigenvalue weighted by atomic mass is 10.2. The average molecular weight is 401 g/mol. The van der Waals surface area contributed by atoms with E-state index in [1.807, 2.05) is 0 Å². The second-order valence-electron chi connectivity index (χ2n) is 5.40. The van der Waals surface area contributed by atoms with E-state index in [4.69, 9.17) is 28.0 Å². The van der Waals surface area contributed by atoms with Crippen LogP contribution >= 0.6 is 23.2 Å². The molecule has 0 aliphatic heterocycles. The lowest BCUT2D eigenvalue weighted by Crippen LogP contribution is -2.45. The molecule has 7 heteroatoms. The number of anilines is 1. The third-order valence-electron chi connectivity index (χ3n) is 3.61. The van der Waals surface area contributed by atoms with E-state index in [1.54, 1.807) is 78.9 Å². The van der Waals surface area contributed by atoms with Gasteiger partial charge in [0.05, 0.1) is 10.7 Å². The number of halogens is 2. The fourth-order valence-electron chi connectivity index (χ4n) is 2.32. The van der Waals surface area contributed by atoms with Gasteiger partial charge in [-0.3, -0.25) is 4.79 Å². The molecule has 1 N–H and O–H groups in total. The molecule has 0 heterocycles. The van der Waals surface area contributed by atoms with Crippen LogP contribution in [-0.2, 0) is 0 Å². The van der Waals surface area contributed by atoms with Crippen LogP contribution in [0.1, 0.15) is 10.4 Å². The van der Waals surface area contributed by atoms with Gasteiger partial charge in [-0.05, 0) is 36.4 Å². The van der Waals surface area contributed by atoms with Crippen LogP contribution in [0.3, 0.4) is 0 Å². The van der Waals surface area contributed by atoms with Crippen molar-refractivity contribution >= 4 is 40.8 Å². The van der Waals surface area contributed by atoms with E-state index in [0.29, 0.717) is 11.3 Å². The first-order valence-corrected chi connectivity index (χ1v) is 8.69. The van der Waals surface area contributed by atoms with Gasteiger partial charge >= 0.3 is 6.03 Å². The third kappa shape index (κ3) is 4.39. The Hall–Kier alpha value is -3.02. The highest BCUT2D eigenvalue weighted by molar-refractivity contribution is 6.42. The van der Waals surface area contributed by atoms with E-state index < -0.39 is 11.9 Å². The first-order chi connectivity index (χ1) is 13.1. The quantitative estimate of drug-likeness (QED) is 0.600. The fourth-order valence-corrected chi connectivity index (χ4v) is 2.65. The highest BCUT2D eigenvalue weighted by atomic mass is 35.5. The van der Waals surface area contributed by atoms with Crippen LogP contribution < -0.4 is 15.2 Å². The Labute approximate surface area is 166 Å². The molecule has 0 bridgehead atoms. The summed E-state index contributed by atoms with van der Waals surface area (Å²) in [7, 11) is 0. The summed E-state index contributed by atoms with van der Waals surface area (Å²) in [5.74, 6) is -0.335. The summed E-state index contributed by atoms with van der Waals surface area (Å²) < 4.78 is 0. The number of hydroxylamine groups is 1. The van der Waals surface area contributed by atoms with Gasteiger partial charge in [0, 0.05) is 5.56 Å². The molecular weight excluding hydrogens is 387 g/mol. The molecule has 0 saturated carbocycles. The number of carbonyl (C=O) groups excluding carboxylic acids is 2. The molecule has 27 heavy (non-hydrogen) atoms. The van der Waals surface area contributed by atoms with Crippen molar-refractivity contribution in [2.75, 3.05) is 4.90 Å². The van der Waals surface area contributed by atoms with Gasteiger partial charge < -0.3 is 4.84 Å². The van der Waals surface area contributed by atoms with Crippen molar-refractivity contribution in [3.8, 4) is 5.75 Å². The van der Waals surface area contributed by atoms with Crippen LogP contribution in [0.5, 0.6) is 5.75 Å². The normalized spacial score (nSPS) is 10.1. The van der Waals surface area contributed by atoms with Crippen LogP contribution in [0.25, 0.3) is 0 Å². The molecule has 0 fully saturated rings. The van der Waals surface area contributed by atoms with E-state index in [-0.39, 0.29) is 15.8 Å². The standard InChI is InChI=1S/C20H14Cl2N2O3/c21-16-12-7-13-17(18(16)22)27-23-20(26)24(15-10-5-2-6-11-15)19(25)14-8-3-1-4-9-14/h1-13H,(H,23,26). The third-order valence-corrected chi connectivity index (χ3v) is 4.41. The Bertz CT molecular complexity index is 950. The Kier molecular flexibility index (Phi) is 5.96. The molecule has 0 unspecified atom stereocenters. The smallest absolute Gasteiger partial charge is 0.362 e. The number of hydrogen-bond acceptors (Lipinski definition) is 3. The molecule has 0 aliphatic carbocycles. The molecule has 3 aromatic carbocycles. The molecule has 136 valence electrons. The minimum atomic E-state index is -0.772. The SMILES string of the molecule is O=C(NOc1cccc(Cl)c1Cl)N(C(=O)c1ccccc1)c1ccccc1. The van der Waals surface area contributed by atoms with E-state index in [1.165, 1.54) is 0 Å². The minimum Gasteiger partial charge on any atom is -0.376 e. The van der Waals surface area contributed by atoms with Gasteiger partial charge in [-0.2, -0.15) is 5.48 Å². The highest BCUT2D eigenvalue weighted by Crippen LogP contribution is 2.31. The number of rotatable bonds is 4. The van der Waals surface area contributed by atoms with Crippen molar-refractivity contribution in [3.63, 3.8) is 0 Å². The van der Waals surface area contributed by atoms with Gasteiger partial charge in [0.2, 0.25) is 0 Å². The van der Waals surface area contributed by atoms with E-state index in [9.17, 15) is 9.59 Å². The van der Waals surface area contributed by atoms with Crippen molar-refractivity contribution in [2.45, 2.75) is 0 Å². The number of imide groups is 1. The first kappa shape index (κ1) is 18.8. The maximum absolute atomic E-state index is 12.9. The molecule has 0 aliphatic rings. The van der Waals surface area contributed by atoms with Crippen molar-refractivity contribution < 1.29 is 14.4 Å². The topological polar surface area (TPSA) is 58.6 Å². The molecule has 0 aromatic heterocycles. The Balaban J connectivity index is 1.85. The molecule has 3 amide bonds. The number of para-hydroxylation sites is 1. The van der Waals surface area contributed by atoms with Crippen LogP contribution in [0.15, 0.2) is 78.9 Å². The lowest BCUT2D eigenvalue weighted by Gasteiger charge is -2.21. The van der Waals surface area contributed by atoms with Crippen molar-refractivity contribution in [1.29, 1.82) is 0 Å². The molecule has 0 atom stereocenters. The molecule has 0 saturated heterocycles. The second-order valence-corrected chi connectivity index (χ2v) is 6.19. The Morgan fingerprint density at radius 1 is 0.815 bits per heavy atom. The van der Waals surface area contributed by atoms with Crippen molar-refractivity contribution in [1.82, 2.24) is 5.48 Å². The van der Waals surface area contributed by atoms with Gasteiger partial charge in [0.1, 0.15) is 5.02 Å². The summed E-state index contributed by atoms with van der Waals surface area (Å²) in [6.45, 7) is 0. The van der Waals surface area contributed by atoms with E-state index in [0.717, 1.165) is 4.90 Å². The minimum absolute atomic E-state index is 0.153. The largest absolute Gasteiger partial charge is 0.376 e. The maximum atomic E-state index is 12.9. The van der Waals surface area contributed by atoms with Crippen molar-refractivity contribution in [3.05, 3.63) is 94.5 Å². The molecule has 3 rings (SSSR count). The summed E-state index contributed by atoms with van der Waals surface area (Å²) >= 11 is 12.0. The number of benzene rings is 3. The van der Waals surface area contributed by atoms with Gasteiger partial charge in [0.15, 0.2) is 5.75 Å². The summed E-state index contributed by atoms with van der Waals surface area (Å²) in [5, 5.41) is 0.434. The summed E-state index contributed by atoms with van der Waals surface area (Å²) in [5.41, 5.74) is 2.99. The zero-order chi connectivity index (χ0) is 19.2. The first-order valence-electron chi connectivity index (χ1n) is 7.93. The van der Waals surface area contributed by atoms with Gasteiger partial charge in [-0.15, -0.1) is 0 Å². The number of amides is 3.